The number of amides is 3. The van der Waals surface area contributed by atoms with E-state index in [9.17, 15) is 14.4 Å². The van der Waals surface area contributed by atoms with E-state index in [0.29, 0.717) is 15.6 Å². The summed E-state index contributed by atoms with van der Waals surface area (Å²) >= 11 is 11.7. The van der Waals surface area contributed by atoms with Crippen molar-refractivity contribution in [2.24, 2.45) is 0 Å². The number of imide groups is 1. The lowest BCUT2D eigenvalue weighted by Crippen LogP contribution is -2.44. The summed E-state index contributed by atoms with van der Waals surface area (Å²) in [5.74, 6) is -1.46. The van der Waals surface area contributed by atoms with E-state index in [1.54, 1.807) is 19.1 Å². The number of hydrogen-bond donors (Lipinski definition) is 2. The lowest BCUT2D eigenvalue weighted by Gasteiger charge is -2.11. The highest BCUT2D eigenvalue weighted by atomic mass is 35.5. The molecule has 1 aromatic rings. The lowest BCUT2D eigenvalue weighted by molar-refractivity contribution is -0.143. The molecular formula is C16H18Cl2N2O4. The Kier molecular flexibility index (Phi) is 8.29. The third kappa shape index (κ3) is 7.48. The summed E-state index contributed by atoms with van der Waals surface area (Å²) in [4.78, 5) is 34.5. The van der Waals surface area contributed by atoms with Crippen molar-refractivity contribution in [3.05, 3.63) is 39.9 Å². The van der Waals surface area contributed by atoms with Gasteiger partial charge in [-0.1, -0.05) is 36.2 Å². The highest BCUT2D eigenvalue weighted by Crippen LogP contribution is 2.21. The van der Waals surface area contributed by atoms with Crippen LogP contribution in [0.25, 0.3) is 6.08 Å². The summed E-state index contributed by atoms with van der Waals surface area (Å²) < 4.78 is 4.73. The van der Waals surface area contributed by atoms with Gasteiger partial charge in [-0.25, -0.2) is 9.59 Å². The van der Waals surface area contributed by atoms with Crippen LogP contribution < -0.4 is 10.6 Å². The van der Waals surface area contributed by atoms with Gasteiger partial charge in [0, 0.05) is 22.2 Å². The fourth-order valence-corrected chi connectivity index (χ4v) is 1.98. The van der Waals surface area contributed by atoms with Gasteiger partial charge in [0.05, 0.1) is 0 Å². The van der Waals surface area contributed by atoms with E-state index in [-0.39, 0.29) is 6.04 Å². The normalized spacial score (nSPS) is 11.8. The van der Waals surface area contributed by atoms with Gasteiger partial charge in [-0.15, -0.1) is 0 Å². The third-order valence-electron chi connectivity index (χ3n) is 2.95. The van der Waals surface area contributed by atoms with Gasteiger partial charge >= 0.3 is 12.0 Å². The molecule has 24 heavy (non-hydrogen) atoms. The Hall–Kier alpha value is -2.05. The summed E-state index contributed by atoms with van der Waals surface area (Å²) in [6.45, 7) is 3.13. The van der Waals surface area contributed by atoms with Crippen LogP contribution >= 0.6 is 23.2 Å². The number of carbonyl (C=O) groups excluding carboxylic acids is 3. The molecule has 0 aromatic heterocycles. The number of esters is 1. The van der Waals surface area contributed by atoms with Gasteiger partial charge in [0.1, 0.15) is 0 Å². The second-order valence-electron chi connectivity index (χ2n) is 4.94. The fourth-order valence-electron chi connectivity index (χ4n) is 1.50. The maximum absolute atomic E-state index is 11.6. The minimum absolute atomic E-state index is 0.0626. The zero-order valence-electron chi connectivity index (χ0n) is 13.3. The van der Waals surface area contributed by atoms with Crippen molar-refractivity contribution in [1.82, 2.24) is 10.6 Å². The molecule has 3 amide bonds. The number of hydrogen-bond acceptors (Lipinski definition) is 4. The molecule has 0 saturated heterocycles. The molecule has 0 bridgehead atoms. The molecule has 0 fully saturated rings. The molecule has 0 heterocycles. The summed E-state index contributed by atoms with van der Waals surface area (Å²) in [5, 5.41) is 5.48. The summed E-state index contributed by atoms with van der Waals surface area (Å²) in [7, 11) is 0. The Labute approximate surface area is 150 Å². The smallest absolute Gasteiger partial charge is 0.331 e. The first kappa shape index (κ1) is 20.0. The molecule has 2 N–H and O–H groups in total. The van der Waals surface area contributed by atoms with Gasteiger partial charge in [0.25, 0.3) is 5.91 Å². The number of nitrogens with one attached hydrogen (secondary N) is 2. The molecule has 0 aliphatic rings. The monoisotopic (exact) mass is 372 g/mol. The average Bonchev–Trinajstić information content (AvgIpc) is 2.51. The second kappa shape index (κ2) is 9.95. The first-order valence-corrected chi connectivity index (χ1v) is 7.97. The van der Waals surface area contributed by atoms with Gasteiger partial charge in [0.15, 0.2) is 6.61 Å². The Bertz CT molecular complexity index is 647. The molecule has 8 heteroatoms. The number of urea groups is 1. The van der Waals surface area contributed by atoms with Crippen LogP contribution in [0, 0.1) is 0 Å². The van der Waals surface area contributed by atoms with Crippen molar-refractivity contribution in [2.45, 2.75) is 26.3 Å². The molecule has 0 saturated carbocycles. The van der Waals surface area contributed by atoms with Crippen molar-refractivity contribution in [1.29, 1.82) is 0 Å². The van der Waals surface area contributed by atoms with E-state index < -0.39 is 24.5 Å². The number of ether oxygens (including phenoxy) is 1. The van der Waals surface area contributed by atoms with Crippen LogP contribution in [0.4, 0.5) is 4.79 Å². The standard InChI is InChI=1S/C16H18Cl2N2O4/c1-3-10(2)19-16(23)20-14(21)9-24-15(22)7-5-11-4-6-12(17)8-13(11)18/h4-8,10H,3,9H2,1-2H3,(H2,19,20,21,23)/b7-5+/t10-/m0/s1. The van der Waals surface area contributed by atoms with Crippen LogP contribution in [0.1, 0.15) is 25.8 Å². The largest absolute Gasteiger partial charge is 0.452 e. The number of rotatable bonds is 6. The SMILES string of the molecule is CC[C@H](C)NC(=O)NC(=O)COC(=O)/C=C/c1ccc(Cl)cc1Cl. The molecule has 130 valence electrons. The zero-order valence-corrected chi connectivity index (χ0v) is 14.8. The quantitative estimate of drug-likeness (QED) is 0.593. The van der Waals surface area contributed by atoms with Crippen molar-refractivity contribution in [3.63, 3.8) is 0 Å². The number of halogens is 2. The molecule has 1 atom stereocenters. The maximum Gasteiger partial charge on any atom is 0.331 e. The van der Waals surface area contributed by atoms with E-state index in [2.05, 4.69) is 10.6 Å². The van der Waals surface area contributed by atoms with E-state index in [0.717, 1.165) is 12.5 Å². The molecule has 0 radical (unpaired) electrons. The molecule has 1 aromatic carbocycles. The number of carbonyl (C=O) groups is 3. The van der Waals surface area contributed by atoms with E-state index >= 15 is 0 Å². The predicted octanol–water partition coefficient (Wildman–Crippen LogP) is 3.17. The first-order valence-electron chi connectivity index (χ1n) is 7.22. The predicted molar refractivity (Wildman–Crippen MR) is 92.9 cm³/mol. The first-order chi connectivity index (χ1) is 11.3. The summed E-state index contributed by atoms with van der Waals surface area (Å²) in [6, 6.07) is 4.11. The average molecular weight is 373 g/mol. The highest BCUT2D eigenvalue weighted by Gasteiger charge is 2.11. The fraction of sp³-hybridized carbons (Fsp3) is 0.312. The van der Waals surface area contributed by atoms with Crippen LogP contribution in [0.3, 0.4) is 0 Å². The Morgan fingerprint density at radius 1 is 1.29 bits per heavy atom. The van der Waals surface area contributed by atoms with Crippen LogP contribution in [0.15, 0.2) is 24.3 Å². The van der Waals surface area contributed by atoms with Crippen molar-refractivity contribution in [3.8, 4) is 0 Å². The minimum Gasteiger partial charge on any atom is -0.452 e. The maximum atomic E-state index is 11.6. The minimum atomic E-state index is -0.737. The second-order valence-corrected chi connectivity index (χ2v) is 5.78. The number of benzene rings is 1. The molecule has 0 aliphatic carbocycles. The summed E-state index contributed by atoms with van der Waals surface area (Å²) in [5.41, 5.74) is 0.579. The topological polar surface area (TPSA) is 84.5 Å². The van der Waals surface area contributed by atoms with Gasteiger partial charge in [-0.2, -0.15) is 0 Å². The highest BCUT2D eigenvalue weighted by molar-refractivity contribution is 6.35. The van der Waals surface area contributed by atoms with E-state index in [1.807, 2.05) is 6.92 Å². The Morgan fingerprint density at radius 3 is 2.62 bits per heavy atom. The lowest BCUT2D eigenvalue weighted by atomic mass is 10.2. The van der Waals surface area contributed by atoms with Crippen LogP contribution in [-0.2, 0) is 14.3 Å². The Balaban J connectivity index is 2.41. The summed E-state index contributed by atoms with van der Waals surface area (Å²) in [6.07, 6.45) is 3.30. The van der Waals surface area contributed by atoms with Crippen LogP contribution in [-0.4, -0.2) is 30.6 Å². The van der Waals surface area contributed by atoms with Crippen LogP contribution in [0.5, 0.6) is 0 Å². The zero-order chi connectivity index (χ0) is 18.1. The van der Waals surface area contributed by atoms with Crippen molar-refractivity contribution in [2.75, 3.05) is 6.61 Å². The molecular weight excluding hydrogens is 355 g/mol. The van der Waals surface area contributed by atoms with Crippen molar-refractivity contribution >= 4 is 47.2 Å². The van der Waals surface area contributed by atoms with Gasteiger partial charge < -0.3 is 10.1 Å². The van der Waals surface area contributed by atoms with Gasteiger partial charge in [-0.05, 0) is 37.1 Å². The molecule has 1 rings (SSSR count). The van der Waals surface area contributed by atoms with Crippen molar-refractivity contribution < 1.29 is 19.1 Å². The van der Waals surface area contributed by atoms with Gasteiger partial charge in [-0.3, -0.25) is 10.1 Å². The van der Waals surface area contributed by atoms with Gasteiger partial charge in [0.2, 0.25) is 0 Å². The van der Waals surface area contributed by atoms with Crippen LogP contribution in [0.2, 0.25) is 10.0 Å². The molecule has 6 nitrogen and oxygen atoms in total. The Morgan fingerprint density at radius 2 is 2.00 bits per heavy atom. The van der Waals surface area contributed by atoms with E-state index in [1.165, 1.54) is 12.1 Å². The van der Waals surface area contributed by atoms with E-state index in [4.69, 9.17) is 27.9 Å². The molecule has 0 spiro atoms. The molecule has 0 aliphatic heterocycles. The molecule has 0 unspecified atom stereocenters. The third-order valence-corrected chi connectivity index (χ3v) is 3.51.